The van der Waals surface area contributed by atoms with Gasteiger partial charge < -0.3 is 15.1 Å². The van der Waals surface area contributed by atoms with Crippen molar-refractivity contribution in [1.82, 2.24) is 20.0 Å². The Morgan fingerprint density at radius 1 is 1.00 bits per heavy atom. The molecule has 3 rings (SSSR count). The van der Waals surface area contributed by atoms with Gasteiger partial charge in [0, 0.05) is 71.9 Å². The van der Waals surface area contributed by atoms with Crippen molar-refractivity contribution in [2.45, 2.75) is 19.9 Å². The van der Waals surface area contributed by atoms with Crippen LogP contribution < -0.4 is 5.32 Å². The summed E-state index contributed by atoms with van der Waals surface area (Å²) in [7, 11) is 0. The van der Waals surface area contributed by atoms with E-state index in [1.807, 2.05) is 4.90 Å². The van der Waals surface area contributed by atoms with Crippen LogP contribution in [0.5, 0.6) is 0 Å². The minimum Gasteiger partial charge on any atom is -0.340 e. The van der Waals surface area contributed by atoms with Crippen LogP contribution in [0.15, 0.2) is 24.3 Å². The van der Waals surface area contributed by atoms with Crippen LogP contribution in [-0.2, 0) is 11.3 Å². The number of nitrogens with one attached hydrogen (secondary N) is 1. The third kappa shape index (κ3) is 4.79. The van der Waals surface area contributed by atoms with Crippen molar-refractivity contribution in [3.8, 4) is 0 Å². The van der Waals surface area contributed by atoms with Crippen molar-refractivity contribution in [2.24, 2.45) is 0 Å². The minimum atomic E-state index is 0.318. The van der Waals surface area contributed by atoms with Gasteiger partial charge in [0.05, 0.1) is 0 Å². The van der Waals surface area contributed by atoms with Crippen molar-refractivity contribution in [2.75, 3.05) is 58.9 Å². The van der Waals surface area contributed by atoms with Crippen LogP contribution >= 0.6 is 0 Å². The van der Waals surface area contributed by atoms with Gasteiger partial charge in [-0.3, -0.25) is 9.69 Å². The molecule has 1 aromatic rings. The Morgan fingerprint density at radius 2 is 1.67 bits per heavy atom. The highest BCUT2D eigenvalue weighted by Crippen LogP contribution is 2.12. The molecule has 2 aliphatic rings. The highest BCUT2D eigenvalue weighted by atomic mass is 16.2. The third-order valence-electron chi connectivity index (χ3n) is 5.23. The first kappa shape index (κ1) is 17.4. The van der Waals surface area contributed by atoms with Crippen LogP contribution in [0.25, 0.3) is 0 Å². The lowest BCUT2D eigenvalue weighted by Crippen LogP contribution is -2.49. The first-order valence-electron chi connectivity index (χ1n) is 9.20. The van der Waals surface area contributed by atoms with Gasteiger partial charge in [-0.2, -0.15) is 0 Å². The number of benzene rings is 1. The molecule has 0 bridgehead atoms. The monoisotopic (exact) mass is 330 g/mol. The fraction of sp³-hybridized carbons (Fsp3) is 0.632. The van der Waals surface area contributed by atoms with Crippen molar-refractivity contribution in [3.63, 3.8) is 0 Å². The van der Waals surface area contributed by atoms with E-state index in [0.29, 0.717) is 12.3 Å². The van der Waals surface area contributed by atoms with Crippen LogP contribution in [0.4, 0.5) is 0 Å². The van der Waals surface area contributed by atoms with Gasteiger partial charge in [-0.25, -0.2) is 0 Å². The number of hydrogen-bond acceptors (Lipinski definition) is 4. The molecular weight excluding hydrogens is 300 g/mol. The summed E-state index contributed by atoms with van der Waals surface area (Å²) in [6, 6.07) is 8.65. The van der Waals surface area contributed by atoms with Crippen molar-refractivity contribution < 1.29 is 4.79 Å². The van der Waals surface area contributed by atoms with Gasteiger partial charge in [0.25, 0.3) is 0 Å². The zero-order valence-corrected chi connectivity index (χ0v) is 14.8. The first-order chi connectivity index (χ1) is 11.7. The lowest BCUT2D eigenvalue weighted by Gasteiger charge is -2.35. The van der Waals surface area contributed by atoms with Gasteiger partial charge in [-0.15, -0.1) is 0 Å². The van der Waals surface area contributed by atoms with Crippen molar-refractivity contribution in [3.05, 3.63) is 35.4 Å². The number of carbonyl (C=O) groups is 1. The van der Waals surface area contributed by atoms with E-state index in [0.717, 1.165) is 65.4 Å². The number of piperazine rings is 2. The summed E-state index contributed by atoms with van der Waals surface area (Å²) < 4.78 is 0. The molecular formula is C19H30N4O. The predicted molar refractivity (Wildman–Crippen MR) is 97.0 cm³/mol. The normalized spacial score (nSPS) is 20.3. The molecule has 2 saturated heterocycles. The zero-order valence-electron chi connectivity index (χ0n) is 14.8. The molecule has 5 heteroatoms. The molecule has 2 aliphatic heterocycles. The largest absolute Gasteiger partial charge is 0.340 e. The second-order valence-electron chi connectivity index (χ2n) is 6.93. The maximum absolute atomic E-state index is 12.2. The van der Waals surface area contributed by atoms with Gasteiger partial charge in [-0.05, 0) is 18.1 Å². The molecule has 0 atom stereocenters. The van der Waals surface area contributed by atoms with Crippen LogP contribution in [0.1, 0.15) is 17.5 Å². The third-order valence-corrected chi connectivity index (χ3v) is 5.23. The molecule has 0 aromatic heterocycles. The second-order valence-corrected chi connectivity index (χ2v) is 6.93. The number of carbonyl (C=O) groups excluding carboxylic acids is 1. The summed E-state index contributed by atoms with van der Waals surface area (Å²) in [6.45, 7) is 12.1. The molecule has 1 N–H and O–H groups in total. The van der Waals surface area contributed by atoms with Gasteiger partial charge in [-0.1, -0.05) is 24.3 Å². The van der Waals surface area contributed by atoms with E-state index in [1.165, 1.54) is 11.1 Å². The minimum absolute atomic E-state index is 0.318. The average Bonchev–Trinajstić information content (AvgIpc) is 2.63. The fourth-order valence-electron chi connectivity index (χ4n) is 3.53. The van der Waals surface area contributed by atoms with Gasteiger partial charge in [0.15, 0.2) is 0 Å². The van der Waals surface area contributed by atoms with E-state index < -0.39 is 0 Å². The Kier molecular flexibility index (Phi) is 6.24. The highest BCUT2D eigenvalue weighted by molar-refractivity contribution is 5.76. The molecule has 0 spiro atoms. The summed E-state index contributed by atoms with van der Waals surface area (Å²) in [6.07, 6.45) is 0.664. The number of nitrogens with zero attached hydrogens (tertiary/aromatic N) is 3. The number of rotatable bonds is 5. The molecule has 5 nitrogen and oxygen atoms in total. The molecule has 0 radical (unpaired) electrons. The van der Waals surface area contributed by atoms with E-state index >= 15 is 0 Å². The quantitative estimate of drug-likeness (QED) is 0.872. The van der Waals surface area contributed by atoms with E-state index in [-0.39, 0.29) is 0 Å². The van der Waals surface area contributed by atoms with Crippen LogP contribution in [0.3, 0.4) is 0 Å². The molecule has 0 saturated carbocycles. The summed E-state index contributed by atoms with van der Waals surface area (Å²) >= 11 is 0. The van der Waals surface area contributed by atoms with Crippen molar-refractivity contribution >= 4 is 5.91 Å². The Bertz CT molecular complexity index is 534. The Labute approximate surface area is 145 Å². The summed E-state index contributed by atoms with van der Waals surface area (Å²) in [5.74, 6) is 0.318. The lowest BCUT2D eigenvalue weighted by atomic mass is 10.1. The molecule has 24 heavy (non-hydrogen) atoms. The van der Waals surface area contributed by atoms with Crippen LogP contribution in [0, 0.1) is 6.92 Å². The molecule has 132 valence electrons. The van der Waals surface area contributed by atoms with E-state index in [2.05, 4.69) is 46.3 Å². The molecule has 0 unspecified atom stereocenters. The number of hydrogen-bond donors (Lipinski definition) is 1. The van der Waals surface area contributed by atoms with E-state index in [1.54, 1.807) is 0 Å². The van der Waals surface area contributed by atoms with Crippen molar-refractivity contribution in [1.29, 1.82) is 0 Å². The first-order valence-corrected chi connectivity index (χ1v) is 9.20. The standard InChI is InChI=1S/C19H30N4O/c1-17-4-2-3-5-18(17)16-22-14-12-21(13-15-22)9-6-19(24)23-10-7-20-8-11-23/h2-5,20H,6-16H2,1H3. The van der Waals surface area contributed by atoms with Gasteiger partial charge in [0.1, 0.15) is 0 Å². The summed E-state index contributed by atoms with van der Waals surface area (Å²) in [4.78, 5) is 19.2. The molecule has 2 heterocycles. The Hall–Kier alpha value is -1.43. The van der Waals surface area contributed by atoms with E-state index in [4.69, 9.17) is 0 Å². The summed E-state index contributed by atoms with van der Waals surface area (Å²) in [5, 5.41) is 3.29. The van der Waals surface area contributed by atoms with E-state index in [9.17, 15) is 4.79 Å². The molecule has 2 fully saturated rings. The topological polar surface area (TPSA) is 38.8 Å². The SMILES string of the molecule is Cc1ccccc1CN1CCN(CCC(=O)N2CCNCC2)CC1. The Morgan fingerprint density at radius 3 is 2.38 bits per heavy atom. The molecule has 0 aliphatic carbocycles. The van der Waals surface area contributed by atoms with Gasteiger partial charge >= 0.3 is 0 Å². The molecule has 1 aromatic carbocycles. The summed E-state index contributed by atoms with van der Waals surface area (Å²) in [5.41, 5.74) is 2.81. The maximum Gasteiger partial charge on any atom is 0.223 e. The lowest BCUT2D eigenvalue weighted by molar-refractivity contribution is -0.132. The highest BCUT2D eigenvalue weighted by Gasteiger charge is 2.20. The van der Waals surface area contributed by atoms with Gasteiger partial charge in [0.2, 0.25) is 5.91 Å². The van der Waals surface area contributed by atoms with Crippen LogP contribution in [0.2, 0.25) is 0 Å². The number of amides is 1. The fourth-order valence-corrected chi connectivity index (χ4v) is 3.53. The zero-order chi connectivity index (χ0) is 16.8. The Balaban J connectivity index is 1.37. The maximum atomic E-state index is 12.2. The average molecular weight is 330 g/mol. The van der Waals surface area contributed by atoms with Crippen LogP contribution in [-0.4, -0.2) is 79.5 Å². The smallest absolute Gasteiger partial charge is 0.223 e. The molecule has 1 amide bonds. The number of aryl methyl sites for hydroxylation is 1. The second kappa shape index (κ2) is 8.60. The predicted octanol–water partition coefficient (Wildman–Crippen LogP) is 0.935.